The number of ether oxygens (including phenoxy) is 1. The fraction of sp³-hybridized carbons (Fsp3) is 0.484. The van der Waals surface area contributed by atoms with Gasteiger partial charge in [-0.1, -0.05) is 69.3 Å². The molecule has 0 radical (unpaired) electrons. The number of hydrogen-bond acceptors (Lipinski definition) is 4. The molecule has 7 nitrogen and oxygen atoms in total. The minimum Gasteiger partial charge on any atom is -0.496 e. The molecule has 1 saturated heterocycles. The molecule has 2 aromatic rings. The lowest BCUT2D eigenvalue weighted by molar-refractivity contribution is -0.132. The van der Waals surface area contributed by atoms with Crippen LogP contribution in [0.1, 0.15) is 43.9 Å². The molecule has 206 valence electrons. The maximum absolute atomic E-state index is 13.2. The Hall–Kier alpha value is -3.32. The van der Waals surface area contributed by atoms with Crippen LogP contribution in [0.2, 0.25) is 0 Å². The van der Waals surface area contributed by atoms with E-state index >= 15 is 0 Å². The molecule has 1 aliphatic rings. The second-order valence-electron chi connectivity index (χ2n) is 11.2. The summed E-state index contributed by atoms with van der Waals surface area (Å²) in [5, 5.41) is 3.09. The molecule has 0 atom stereocenters. The first-order valence-corrected chi connectivity index (χ1v) is 13.5. The highest BCUT2D eigenvalue weighted by molar-refractivity contribution is 5.91. The molecule has 0 aromatic heterocycles. The van der Waals surface area contributed by atoms with Crippen molar-refractivity contribution >= 4 is 23.7 Å². The van der Waals surface area contributed by atoms with Gasteiger partial charge in [-0.25, -0.2) is 4.79 Å². The summed E-state index contributed by atoms with van der Waals surface area (Å²) in [6.07, 6.45) is 4.56. The SMILES string of the molecule is COc1ccccc1/C=C/CN(CCN1CCN(C(=O)Nc2c(C)cccc2C)CC1)C(=O)CC(C)(C)C. The van der Waals surface area contributed by atoms with E-state index in [4.69, 9.17) is 4.74 Å². The van der Waals surface area contributed by atoms with E-state index in [0.717, 1.165) is 47.8 Å². The summed E-state index contributed by atoms with van der Waals surface area (Å²) in [4.78, 5) is 32.2. The largest absolute Gasteiger partial charge is 0.496 e. The van der Waals surface area contributed by atoms with Crippen molar-refractivity contribution in [1.29, 1.82) is 0 Å². The van der Waals surface area contributed by atoms with Gasteiger partial charge in [0.15, 0.2) is 0 Å². The maximum atomic E-state index is 13.2. The van der Waals surface area contributed by atoms with E-state index in [1.165, 1.54) is 0 Å². The van der Waals surface area contributed by atoms with Crippen LogP contribution in [0.4, 0.5) is 10.5 Å². The van der Waals surface area contributed by atoms with Crippen molar-refractivity contribution < 1.29 is 14.3 Å². The second-order valence-corrected chi connectivity index (χ2v) is 11.2. The molecule has 0 spiro atoms. The van der Waals surface area contributed by atoms with E-state index in [0.29, 0.717) is 32.6 Å². The molecule has 1 N–H and O–H groups in total. The summed E-state index contributed by atoms with van der Waals surface area (Å²) in [6.45, 7) is 15.2. The number of methoxy groups -OCH3 is 1. The van der Waals surface area contributed by atoms with Crippen molar-refractivity contribution in [2.75, 3.05) is 58.2 Å². The highest BCUT2D eigenvalue weighted by Crippen LogP contribution is 2.22. The Morgan fingerprint density at radius 3 is 2.29 bits per heavy atom. The molecule has 0 saturated carbocycles. The van der Waals surface area contributed by atoms with Crippen LogP contribution in [0, 0.1) is 19.3 Å². The van der Waals surface area contributed by atoms with Crippen molar-refractivity contribution in [3.05, 3.63) is 65.2 Å². The van der Waals surface area contributed by atoms with Crippen LogP contribution in [0.25, 0.3) is 6.08 Å². The van der Waals surface area contributed by atoms with Crippen LogP contribution >= 0.6 is 0 Å². The number of para-hydroxylation sites is 2. The number of aryl methyl sites for hydroxylation is 2. The molecular weight excluding hydrogens is 476 g/mol. The Balaban J connectivity index is 1.55. The van der Waals surface area contributed by atoms with Gasteiger partial charge in [-0.15, -0.1) is 0 Å². The van der Waals surface area contributed by atoms with Crippen LogP contribution in [-0.2, 0) is 4.79 Å². The van der Waals surface area contributed by atoms with E-state index in [1.807, 2.05) is 78.3 Å². The predicted molar refractivity (Wildman–Crippen MR) is 156 cm³/mol. The van der Waals surface area contributed by atoms with E-state index in [2.05, 4.69) is 31.0 Å². The highest BCUT2D eigenvalue weighted by atomic mass is 16.5. The fourth-order valence-electron chi connectivity index (χ4n) is 4.63. The van der Waals surface area contributed by atoms with Crippen LogP contribution in [0.5, 0.6) is 5.75 Å². The Labute approximate surface area is 228 Å². The number of rotatable bonds is 9. The first-order chi connectivity index (χ1) is 18.1. The van der Waals surface area contributed by atoms with Crippen LogP contribution in [-0.4, -0.2) is 79.6 Å². The average molecular weight is 521 g/mol. The van der Waals surface area contributed by atoms with Gasteiger partial charge in [0.25, 0.3) is 0 Å². The van der Waals surface area contributed by atoms with Gasteiger partial charge < -0.3 is 19.9 Å². The molecule has 1 fully saturated rings. The van der Waals surface area contributed by atoms with E-state index < -0.39 is 0 Å². The molecule has 0 unspecified atom stereocenters. The first kappa shape index (κ1) is 29.2. The summed E-state index contributed by atoms with van der Waals surface area (Å²) in [5.41, 5.74) is 3.95. The van der Waals surface area contributed by atoms with Gasteiger partial charge in [-0.05, 0) is 36.5 Å². The third kappa shape index (κ3) is 8.62. The molecule has 0 bridgehead atoms. The van der Waals surface area contributed by atoms with E-state index in [1.54, 1.807) is 7.11 Å². The number of piperazine rings is 1. The first-order valence-electron chi connectivity index (χ1n) is 13.5. The van der Waals surface area contributed by atoms with Gasteiger partial charge >= 0.3 is 6.03 Å². The Kier molecular flexibility index (Phi) is 10.4. The number of nitrogens with one attached hydrogen (secondary N) is 1. The third-order valence-corrected chi connectivity index (χ3v) is 6.86. The maximum Gasteiger partial charge on any atom is 0.321 e. The molecule has 2 aromatic carbocycles. The highest BCUT2D eigenvalue weighted by Gasteiger charge is 2.24. The second kappa shape index (κ2) is 13.5. The lowest BCUT2D eigenvalue weighted by Gasteiger charge is -2.36. The minimum atomic E-state index is -0.0733. The minimum absolute atomic E-state index is 0.0505. The Morgan fingerprint density at radius 1 is 1.00 bits per heavy atom. The quantitative estimate of drug-likeness (QED) is 0.478. The molecular formula is C31H44N4O3. The lowest BCUT2D eigenvalue weighted by atomic mass is 9.91. The molecule has 0 aliphatic carbocycles. The number of urea groups is 1. The summed E-state index contributed by atoms with van der Waals surface area (Å²) in [6, 6.07) is 13.8. The van der Waals surface area contributed by atoms with Crippen molar-refractivity contribution in [2.45, 2.75) is 41.0 Å². The molecule has 7 heteroatoms. The van der Waals surface area contributed by atoms with Gasteiger partial charge in [0.05, 0.1) is 7.11 Å². The number of carbonyl (C=O) groups is 2. The third-order valence-electron chi connectivity index (χ3n) is 6.86. The predicted octanol–water partition coefficient (Wildman–Crippen LogP) is 5.44. The Bertz CT molecular complexity index is 1090. The van der Waals surface area contributed by atoms with Crippen molar-refractivity contribution in [3.8, 4) is 5.75 Å². The Morgan fingerprint density at radius 2 is 1.66 bits per heavy atom. The van der Waals surface area contributed by atoms with Crippen molar-refractivity contribution in [3.63, 3.8) is 0 Å². The van der Waals surface area contributed by atoms with Gasteiger partial charge in [0.1, 0.15) is 5.75 Å². The van der Waals surface area contributed by atoms with Crippen LogP contribution < -0.4 is 10.1 Å². The summed E-state index contributed by atoms with van der Waals surface area (Å²) in [7, 11) is 1.67. The molecule has 3 amide bonds. The number of anilines is 1. The zero-order valence-electron chi connectivity index (χ0n) is 23.9. The van der Waals surface area contributed by atoms with Gasteiger partial charge in [0, 0.05) is 63.5 Å². The summed E-state index contributed by atoms with van der Waals surface area (Å²) < 4.78 is 5.44. The number of amides is 3. The monoisotopic (exact) mass is 520 g/mol. The van der Waals surface area contributed by atoms with Crippen molar-refractivity contribution in [2.24, 2.45) is 5.41 Å². The lowest BCUT2D eigenvalue weighted by Crippen LogP contribution is -2.51. The molecule has 1 aliphatic heterocycles. The number of nitrogens with zero attached hydrogens (tertiary/aromatic N) is 3. The van der Waals surface area contributed by atoms with E-state index in [9.17, 15) is 9.59 Å². The standard InChI is InChI=1S/C31H44N4O3/c1-24-11-9-12-25(2)29(24)32-30(37)35-21-18-33(19-22-35)17-20-34(28(36)23-31(3,4)5)16-10-14-26-13-7-8-15-27(26)38-6/h7-15H,16-23H2,1-6H3,(H,32,37)/b14-10+. The topological polar surface area (TPSA) is 65.1 Å². The average Bonchev–Trinajstić information content (AvgIpc) is 2.87. The van der Waals surface area contributed by atoms with Crippen LogP contribution in [0.3, 0.4) is 0 Å². The number of carbonyl (C=O) groups excluding carboxylic acids is 2. The van der Waals surface area contributed by atoms with Gasteiger partial charge in [-0.2, -0.15) is 0 Å². The summed E-state index contributed by atoms with van der Waals surface area (Å²) >= 11 is 0. The van der Waals surface area contributed by atoms with Gasteiger partial charge in [-0.3, -0.25) is 9.69 Å². The molecule has 1 heterocycles. The zero-order chi connectivity index (χ0) is 27.7. The number of benzene rings is 2. The molecule has 3 rings (SSSR count). The zero-order valence-corrected chi connectivity index (χ0v) is 23.9. The van der Waals surface area contributed by atoms with Crippen LogP contribution in [0.15, 0.2) is 48.5 Å². The molecule has 38 heavy (non-hydrogen) atoms. The van der Waals surface area contributed by atoms with Crippen molar-refractivity contribution in [1.82, 2.24) is 14.7 Å². The van der Waals surface area contributed by atoms with Gasteiger partial charge in [0.2, 0.25) is 5.91 Å². The number of hydrogen-bond donors (Lipinski definition) is 1. The smallest absolute Gasteiger partial charge is 0.321 e. The fourth-order valence-corrected chi connectivity index (χ4v) is 4.63. The normalized spacial score (nSPS) is 14.5. The summed E-state index contributed by atoms with van der Waals surface area (Å²) in [5.74, 6) is 0.976. The van der Waals surface area contributed by atoms with E-state index in [-0.39, 0.29) is 17.4 Å².